The number of amides is 1. The summed E-state index contributed by atoms with van der Waals surface area (Å²) in [5, 5.41) is 8.75. The number of hydrogen-bond donors (Lipinski definition) is 0. The Morgan fingerprint density at radius 3 is 2.84 bits per heavy atom. The lowest BCUT2D eigenvalue weighted by atomic mass is 10.2. The molecule has 0 radical (unpaired) electrons. The smallest absolute Gasteiger partial charge is 0.409 e. The zero-order valence-corrected chi connectivity index (χ0v) is 10.9. The van der Waals surface area contributed by atoms with Gasteiger partial charge in [-0.3, -0.25) is 0 Å². The average molecular weight is 280 g/mol. The van der Waals surface area contributed by atoms with Crippen molar-refractivity contribution in [3.05, 3.63) is 29.8 Å². The van der Waals surface area contributed by atoms with Gasteiger partial charge in [0.1, 0.15) is 6.61 Å². The van der Waals surface area contributed by atoms with Gasteiger partial charge in [0.2, 0.25) is 0 Å². The second-order valence-electron chi connectivity index (χ2n) is 4.06. The summed E-state index contributed by atoms with van der Waals surface area (Å²) in [6.07, 6.45) is -0.485. The van der Waals surface area contributed by atoms with Crippen LogP contribution < -0.4 is 0 Å². The zero-order chi connectivity index (χ0) is 13.9. The molecule has 1 aliphatic rings. The van der Waals surface area contributed by atoms with E-state index in [9.17, 15) is 13.2 Å². The Balaban J connectivity index is 2.09. The molecule has 0 N–H and O–H groups in total. The van der Waals surface area contributed by atoms with E-state index in [1.807, 2.05) is 6.07 Å². The number of ether oxygens (including phenoxy) is 1. The summed E-state index contributed by atoms with van der Waals surface area (Å²) in [6, 6.07) is 7.73. The molecule has 6 nitrogen and oxygen atoms in total. The predicted octanol–water partition coefficient (Wildman–Crippen LogP) is 0.784. The average Bonchev–Trinajstić information content (AvgIpc) is 2.82. The van der Waals surface area contributed by atoms with Crippen LogP contribution in [-0.2, 0) is 14.6 Å². The molecule has 0 aromatic heterocycles. The van der Waals surface area contributed by atoms with Gasteiger partial charge < -0.3 is 9.64 Å². The van der Waals surface area contributed by atoms with E-state index in [0.29, 0.717) is 18.7 Å². The number of sulfone groups is 1. The molecule has 1 amide bonds. The second kappa shape index (κ2) is 5.28. The van der Waals surface area contributed by atoms with Gasteiger partial charge in [0.05, 0.1) is 28.8 Å². The van der Waals surface area contributed by atoms with Crippen molar-refractivity contribution in [1.29, 1.82) is 5.26 Å². The van der Waals surface area contributed by atoms with Crippen LogP contribution in [0.5, 0.6) is 0 Å². The van der Waals surface area contributed by atoms with Crippen LogP contribution in [0.3, 0.4) is 0 Å². The standard InChI is InChI=1S/C12H12N2O4S/c13-9-10-2-1-3-11(8-10)19(16,17)7-5-14-4-6-18-12(14)15/h1-3,8H,4-7H2. The fraction of sp³-hybridized carbons (Fsp3) is 0.333. The quantitative estimate of drug-likeness (QED) is 0.813. The molecule has 1 saturated heterocycles. The van der Waals surface area contributed by atoms with Crippen molar-refractivity contribution in [3.63, 3.8) is 0 Å². The van der Waals surface area contributed by atoms with Crippen molar-refractivity contribution in [2.75, 3.05) is 25.4 Å². The van der Waals surface area contributed by atoms with E-state index in [4.69, 9.17) is 10.00 Å². The van der Waals surface area contributed by atoms with E-state index in [1.165, 1.54) is 29.2 Å². The van der Waals surface area contributed by atoms with Crippen LogP contribution in [-0.4, -0.2) is 44.9 Å². The first-order chi connectivity index (χ1) is 9.03. The number of carbonyl (C=O) groups excluding carboxylic acids is 1. The molecule has 0 spiro atoms. The van der Waals surface area contributed by atoms with Gasteiger partial charge in [-0.05, 0) is 18.2 Å². The van der Waals surface area contributed by atoms with Crippen LogP contribution in [0, 0.1) is 11.3 Å². The number of hydrogen-bond acceptors (Lipinski definition) is 5. The predicted molar refractivity (Wildman–Crippen MR) is 66.1 cm³/mol. The van der Waals surface area contributed by atoms with Gasteiger partial charge in [0.25, 0.3) is 0 Å². The minimum atomic E-state index is -3.50. The Kier molecular flexibility index (Phi) is 3.71. The highest BCUT2D eigenvalue weighted by Gasteiger charge is 2.24. The molecule has 2 rings (SSSR count). The minimum Gasteiger partial charge on any atom is -0.448 e. The third-order valence-electron chi connectivity index (χ3n) is 2.80. The second-order valence-corrected chi connectivity index (χ2v) is 6.17. The van der Waals surface area contributed by atoms with E-state index in [-0.39, 0.29) is 17.2 Å². The van der Waals surface area contributed by atoms with Crippen molar-refractivity contribution in [3.8, 4) is 6.07 Å². The lowest BCUT2D eigenvalue weighted by Gasteiger charge is -2.12. The molecule has 1 heterocycles. The number of benzene rings is 1. The van der Waals surface area contributed by atoms with E-state index in [1.54, 1.807) is 0 Å². The molecule has 1 aromatic carbocycles. The summed E-state index contributed by atoms with van der Waals surface area (Å²) in [5.41, 5.74) is 0.293. The van der Waals surface area contributed by atoms with Gasteiger partial charge in [-0.2, -0.15) is 5.26 Å². The highest BCUT2D eigenvalue weighted by Crippen LogP contribution is 2.14. The first kappa shape index (κ1) is 13.4. The largest absolute Gasteiger partial charge is 0.448 e. The van der Waals surface area contributed by atoms with Crippen molar-refractivity contribution >= 4 is 15.9 Å². The van der Waals surface area contributed by atoms with Crippen molar-refractivity contribution in [2.45, 2.75) is 4.90 Å². The van der Waals surface area contributed by atoms with Crippen molar-refractivity contribution in [1.82, 2.24) is 4.90 Å². The molecular weight excluding hydrogens is 268 g/mol. The lowest BCUT2D eigenvalue weighted by molar-refractivity contribution is 0.160. The summed E-state index contributed by atoms with van der Waals surface area (Å²) in [4.78, 5) is 12.6. The molecule has 0 unspecified atom stereocenters. The van der Waals surface area contributed by atoms with Gasteiger partial charge >= 0.3 is 6.09 Å². The number of nitrogens with zero attached hydrogens (tertiary/aromatic N) is 2. The van der Waals surface area contributed by atoms with E-state index in [2.05, 4.69) is 0 Å². The topological polar surface area (TPSA) is 87.5 Å². The fourth-order valence-corrected chi connectivity index (χ4v) is 3.03. The molecule has 100 valence electrons. The molecule has 0 bridgehead atoms. The monoisotopic (exact) mass is 280 g/mol. The third-order valence-corrected chi connectivity index (χ3v) is 4.49. The number of cyclic esters (lactones) is 1. The van der Waals surface area contributed by atoms with Gasteiger partial charge in [-0.25, -0.2) is 13.2 Å². The molecule has 19 heavy (non-hydrogen) atoms. The summed E-state index contributed by atoms with van der Waals surface area (Å²) >= 11 is 0. The summed E-state index contributed by atoms with van der Waals surface area (Å²) < 4.78 is 28.9. The van der Waals surface area contributed by atoms with Gasteiger partial charge in [0.15, 0.2) is 9.84 Å². The van der Waals surface area contributed by atoms with Crippen LogP contribution >= 0.6 is 0 Å². The maximum absolute atomic E-state index is 12.1. The van der Waals surface area contributed by atoms with Gasteiger partial charge in [-0.1, -0.05) is 6.07 Å². The first-order valence-electron chi connectivity index (χ1n) is 5.67. The van der Waals surface area contributed by atoms with Crippen LogP contribution in [0.15, 0.2) is 29.2 Å². The maximum atomic E-state index is 12.1. The first-order valence-corrected chi connectivity index (χ1v) is 7.33. The molecule has 1 aromatic rings. The number of rotatable bonds is 4. The molecular formula is C12H12N2O4S. The summed E-state index contributed by atoms with van der Waals surface area (Å²) in [6.45, 7) is 0.799. The summed E-state index contributed by atoms with van der Waals surface area (Å²) in [5.74, 6) is -0.184. The zero-order valence-electron chi connectivity index (χ0n) is 10.1. The summed E-state index contributed by atoms with van der Waals surface area (Å²) in [7, 11) is -3.50. The van der Waals surface area contributed by atoms with Gasteiger partial charge in [0, 0.05) is 6.54 Å². The maximum Gasteiger partial charge on any atom is 0.409 e. The third kappa shape index (κ3) is 3.03. The normalized spacial score (nSPS) is 15.1. The molecule has 1 aliphatic heterocycles. The van der Waals surface area contributed by atoms with Crippen LogP contribution in [0.1, 0.15) is 5.56 Å². The molecule has 0 aliphatic carbocycles. The van der Waals surface area contributed by atoms with E-state index in [0.717, 1.165) is 0 Å². The molecule has 0 atom stereocenters. The van der Waals surface area contributed by atoms with Crippen molar-refractivity contribution in [2.24, 2.45) is 0 Å². The molecule has 0 saturated carbocycles. The van der Waals surface area contributed by atoms with Crippen molar-refractivity contribution < 1.29 is 17.9 Å². The Morgan fingerprint density at radius 2 is 2.21 bits per heavy atom. The highest BCUT2D eigenvalue weighted by molar-refractivity contribution is 7.91. The Bertz CT molecular complexity index is 633. The lowest BCUT2D eigenvalue weighted by Crippen LogP contribution is -2.30. The minimum absolute atomic E-state index is 0.0952. The van der Waals surface area contributed by atoms with E-state index >= 15 is 0 Å². The SMILES string of the molecule is N#Cc1cccc(S(=O)(=O)CCN2CCOC2=O)c1. The highest BCUT2D eigenvalue weighted by atomic mass is 32.2. The van der Waals surface area contributed by atoms with Gasteiger partial charge in [-0.15, -0.1) is 0 Å². The number of carbonyl (C=O) groups is 1. The van der Waals surface area contributed by atoms with Crippen LogP contribution in [0.25, 0.3) is 0 Å². The molecule has 1 fully saturated rings. The Labute approximate surface area is 111 Å². The number of nitriles is 1. The Hall–Kier alpha value is -2.07. The Morgan fingerprint density at radius 1 is 1.42 bits per heavy atom. The van der Waals surface area contributed by atoms with Crippen LogP contribution in [0.4, 0.5) is 4.79 Å². The fourth-order valence-electron chi connectivity index (χ4n) is 1.74. The molecule has 7 heteroatoms. The van der Waals surface area contributed by atoms with Crippen LogP contribution in [0.2, 0.25) is 0 Å². The van der Waals surface area contributed by atoms with E-state index < -0.39 is 15.9 Å².